The van der Waals surface area contributed by atoms with Crippen molar-refractivity contribution < 1.29 is 4.74 Å². The predicted molar refractivity (Wildman–Crippen MR) is 54.1 cm³/mol. The van der Waals surface area contributed by atoms with Gasteiger partial charge < -0.3 is 10.1 Å². The Morgan fingerprint density at radius 1 is 1.43 bits per heavy atom. The van der Waals surface area contributed by atoms with Gasteiger partial charge in [-0.3, -0.25) is 0 Å². The topological polar surface area (TPSA) is 47.0 Å². The van der Waals surface area contributed by atoms with Gasteiger partial charge >= 0.3 is 0 Å². The summed E-state index contributed by atoms with van der Waals surface area (Å²) >= 11 is 0. The van der Waals surface area contributed by atoms with E-state index in [0.717, 1.165) is 13.0 Å². The summed E-state index contributed by atoms with van der Waals surface area (Å²) in [5.74, 6) is 0.677. The third-order valence-electron chi connectivity index (χ3n) is 2.59. The summed E-state index contributed by atoms with van der Waals surface area (Å²) in [5.41, 5.74) is -0.126. The molecule has 0 bridgehead atoms. The molecule has 4 nitrogen and oxygen atoms in total. The highest BCUT2D eigenvalue weighted by atomic mass is 16.5. The zero-order chi connectivity index (χ0) is 10.0. The SMILES string of the molecule is CC1(C)OCCC1Nc1ncccn1. The van der Waals surface area contributed by atoms with Crippen LogP contribution in [0.1, 0.15) is 20.3 Å². The molecule has 0 amide bonds. The van der Waals surface area contributed by atoms with E-state index >= 15 is 0 Å². The number of nitrogens with zero attached hydrogens (tertiary/aromatic N) is 2. The third-order valence-corrected chi connectivity index (χ3v) is 2.59. The Morgan fingerprint density at radius 2 is 2.14 bits per heavy atom. The molecule has 1 aliphatic rings. The van der Waals surface area contributed by atoms with Gasteiger partial charge in [0.05, 0.1) is 11.6 Å². The van der Waals surface area contributed by atoms with Crippen LogP contribution in [0.15, 0.2) is 18.5 Å². The molecule has 76 valence electrons. The van der Waals surface area contributed by atoms with E-state index in [0.29, 0.717) is 12.0 Å². The summed E-state index contributed by atoms with van der Waals surface area (Å²) in [6, 6.07) is 2.10. The average molecular weight is 193 g/mol. The van der Waals surface area contributed by atoms with E-state index in [4.69, 9.17) is 4.74 Å². The van der Waals surface area contributed by atoms with Gasteiger partial charge in [0.25, 0.3) is 0 Å². The highest BCUT2D eigenvalue weighted by Crippen LogP contribution is 2.26. The maximum atomic E-state index is 5.61. The fourth-order valence-corrected chi connectivity index (χ4v) is 1.66. The quantitative estimate of drug-likeness (QED) is 0.772. The Balaban J connectivity index is 2.05. The number of anilines is 1. The Morgan fingerprint density at radius 3 is 2.71 bits per heavy atom. The van der Waals surface area contributed by atoms with E-state index in [9.17, 15) is 0 Å². The van der Waals surface area contributed by atoms with Crippen molar-refractivity contribution in [3.8, 4) is 0 Å². The van der Waals surface area contributed by atoms with Crippen molar-refractivity contribution in [2.45, 2.75) is 31.9 Å². The van der Waals surface area contributed by atoms with Crippen LogP contribution in [0.3, 0.4) is 0 Å². The second-order valence-corrected chi connectivity index (χ2v) is 4.01. The van der Waals surface area contributed by atoms with Crippen molar-refractivity contribution in [2.24, 2.45) is 0 Å². The van der Waals surface area contributed by atoms with Crippen LogP contribution in [-0.2, 0) is 4.74 Å². The number of aromatic nitrogens is 2. The summed E-state index contributed by atoms with van der Waals surface area (Å²) in [6.07, 6.45) is 4.47. The van der Waals surface area contributed by atoms with Gasteiger partial charge in [-0.15, -0.1) is 0 Å². The first kappa shape index (κ1) is 9.40. The van der Waals surface area contributed by atoms with Gasteiger partial charge in [0.2, 0.25) is 5.95 Å². The number of nitrogens with one attached hydrogen (secondary N) is 1. The molecule has 1 aliphatic heterocycles. The Bertz CT molecular complexity index is 299. The van der Waals surface area contributed by atoms with Crippen LogP contribution >= 0.6 is 0 Å². The molecule has 0 aromatic carbocycles. The highest BCUT2D eigenvalue weighted by Gasteiger charge is 2.35. The summed E-state index contributed by atoms with van der Waals surface area (Å²) < 4.78 is 5.61. The standard InChI is InChI=1S/C10H15N3O/c1-10(2)8(4-7-14-10)13-9-11-5-3-6-12-9/h3,5-6,8H,4,7H2,1-2H3,(H,11,12,13). The maximum Gasteiger partial charge on any atom is 0.222 e. The Labute approximate surface area is 83.7 Å². The molecule has 2 rings (SSSR count). The van der Waals surface area contributed by atoms with E-state index in [-0.39, 0.29) is 5.60 Å². The van der Waals surface area contributed by atoms with Crippen LogP contribution < -0.4 is 5.32 Å². The summed E-state index contributed by atoms with van der Waals surface area (Å²) in [4.78, 5) is 8.26. The Kier molecular flexibility index (Phi) is 2.37. The van der Waals surface area contributed by atoms with E-state index in [2.05, 4.69) is 29.1 Å². The largest absolute Gasteiger partial charge is 0.373 e. The van der Waals surface area contributed by atoms with E-state index in [1.807, 2.05) is 6.07 Å². The van der Waals surface area contributed by atoms with Crippen LogP contribution in [0.25, 0.3) is 0 Å². The minimum Gasteiger partial charge on any atom is -0.373 e. The Hall–Kier alpha value is -1.16. The minimum atomic E-state index is -0.126. The molecular weight excluding hydrogens is 178 g/mol. The molecule has 1 saturated heterocycles. The molecule has 1 N–H and O–H groups in total. The third kappa shape index (κ3) is 1.85. The van der Waals surface area contributed by atoms with E-state index in [1.165, 1.54) is 0 Å². The zero-order valence-corrected chi connectivity index (χ0v) is 8.53. The van der Waals surface area contributed by atoms with E-state index in [1.54, 1.807) is 12.4 Å². The highest BCUT2D eigenvalue weighted by molar-refractivity contribution is 5.26. The summed E-state index contributed by atoms with van der Waals surface area (Å²) in [7, 11) is 0. The fourth-order valence-electron chi connectivity index (χ4n) is 1.66. The lowest BCUT2D eigenvalue weighted by Gasteiger charge is -2.26. The van der Waals surface area contributed by atoms with Crippen LogP contribution in [-0.4, -0.2) is 28.2 Å². The molecule has 0 spiro atoms. The van der Waals surface area contributed by atoms with Gasteiger partial charge in [0.1, 0.15) is 0 Å². The molecule has 2 heterocycles. The molecule has 1 aromatic rings. The maximum absolute atomic E-state index is 5.61. The van der Waals surface area contributed by atoms with Crippen LogP contribution in [0.2, 0.25) is 0 Å². The molecule has 1 aromatic heterocycles. The van der Waals surface area contributed by atoms with Gasteiger partial charge in [-0.2, -0.15) is 0 Å². The van der Waals surface area contributed by atoms with Gasteiger partial charge in [-0.05, 0) is 26.3 Å². The van der Waals surface area contributed by atoms with Crippen molar-refractivity contribution in [1.29, 1.82) is 0 Å². The lowest BCUT2D eigenvalue weighted by Crippen LogP contribution is -2.38. The molecule has 0 saturated carbocycles. The van der Waals surface area contributed by atoms with Crippen LogP contribution in [0.5, 0.6) is 0 Å². The first-order valence-electron chi connectivity index (χ1n) is 4.86. The molecule has 1 atom stereocenters. The van der Waals surface area contributed by atoms with Gasteiger partial charge in [-0.1, -0.05) is 0 Å². The van der Waals surface area contributed by atoms with Crippen molar-refractivity contribution in [2.75, 3.05) is 11.9 Å². The second kappa shape index (κ2) is 3.53. The van der Waals surface area contributed by atoms with Crippen molar-refractivity contribution in [3.05, 3.63) is 18.5 Å². The lowest BCUT2D eigenvalue weighted by molar-refractivity contribution is 0.0313. The van der Waals surface area contributed by atoms with Crippen LogP contribution in [0.4, 0.5) is 5.95 Å². The van der Waals surface area contributed by atoms with Gasteiger partial charge in [0.15, 0.2) is 0 Å². The van der Waals surface area contributed by atoms with Crippen molar-refractivity contribution in [3.63, 3.8) is 0 Å². The number of rotatable bonds is 2. The normalized spacial score (nSPS) is 24.9. The first-order valence-corrected chi connectivity index (χ1v) is 4.86. The smallest absolute Gasteiger partial charge is 0.222 e. The minimum absolute atomic E-state index is 0.126. The van der Waals surface area contributed by atoms with Crippen molar-refractivity contribution in [1.82, 2.24) is 9.97 Å². The number of hydrogen-bond acceptors (Lipinski definition) is 4. The summed E-state index contributed by atoms with van der Waals surface area (Å²) in [5, 5.41) is 3.28. The van der Waals surface area contributed by atoms with Crippen LogP contribution in [0, 0.1) is 0 Å². The van der Waals surface area contributed by atoms with Crippen molar-refractivity contribution >= 4 is 5.95 Å². The molecule has 0 radical (unpaired) electrons. The summed E-state index contributed by atoms with van der Waals surface area (Å²) in [6.45, 7) is 4.97. The number of ether oxygens (including phenoxy) is 1. The fraction of sp³-hybridized carbons (Fsp3) is 0.600. The van der Waals surface area contributed by atoms with Gasteiger partial charge in [0, 0.05) is 19.0 Å². The second-order valence-electron chi connectivity index (χ2n) is 4.01. The molecule has 1 unspecified atom stereocenters. The molecule has 4 heteroatoms. The lowest BCUT2D eigenvalue weighted by atomic mass is 9.99. The first-order chi connectivity index (χ1) is 6.68. The zero-order valence-electron chi connectivity index (χ0n) is 8.53. The monoisotopic (exact) mass is 193 g/mol. The number of hydrogen-bond donors (Lipinski definition) is 1. The molecule has 0 aliphatic carbocycles. The molecule has 1 fully saturated rings. The van der Waals surface area contributed by atoms with Gasteiger partial charge in [-0.25, -0.2) is 9.97 Å². The predicted octanol–water partition coefficient (Wildman–Crippen LogP) is 1.46. The average Bonchev–Trinajstić information content (AvgIpc) is 2.48. The van der Waals surface area contributed by atoms with E-state index < -0.39 is 0 Å². The molecular formula is C10H15N3O. The molecule has 14 heavy (non-hydrogen) atoms.